The van der Waals surface area contributed by atoms with Gasteiger partial charge in [0.15, 0.2) is 0 Å². The molecule has 1 saturated carbocycles. The van der Waals surface area contributed by atoms with Gasteiger partial charge in [0.25, 0.3) is 0 Å². The van der Waals surface area contributed by atoms with Gasteiger partial charge in [-0.1, -0.05) is 25.0 Å². The van der Waals surface area contributed by atoms with Crippen molar-refractivity contribution in [3.63, 3.8) is 0 Å². The van der Waals surface area contributed by atoms with Gasteiger partial charge in [-0.05, 0) is 37.8 Å². The minimum Gasteiger partial charge on any atom is -0.384 e. The van der Waals surface area contributed by atoms with Gasteiger partial charge in [-0.3, -0.25) is 10.3 Å². The van der Waals surface area contributed by atoms with E-state index in [4.69, 9.17) is 11.1 Å². The molecule has 1 aromatic carbocycles. The first kappa shape index (κ1) is 13.6. The SMILES string of the molecule is N=C(N)c1ccc(CN2CCC3CCCCC32)c(F)c1. The zero-order chi connectivity index (χ0) is 14.1. The topological polar surface area (TPSA) is 53.1 Å². The summed E-state index contributed by atoms with van der Waals surface area (Å²) in [5.41, 5.74) is 6.57. The maximum Gasteiger partial charge on any atom is 0.128 e. The average molecular weight is 275 g/mol. The van der Waals surface area contributed by atoms with Crippen LogP contribution in [0.4, 0.5) is 4.39 Å². The predicted octanol–water partition coefficient (Wildman–Crippen LogP) is 2.87. The first-order valence-corrected chi connectivity index (χ1v) is 7.52. The van der Waals surface area contributed by atoms with Crippen molar-refractivity contribution in [2.24, 2.45) is 11.7 Å². The zero-order valence-corrected chi connectivity index (χ0v) is 11.7. The molecule has 1 aliphatic heterocycles. The number of amidine groups is 1. The molecule has 1 aliphatic carbocycles. The number of halogens is 1. The lowest BCUT2D eigenvalue weighted by molar-refractivity contribution is 0.174. The number of fused-ring (bicyclic) bond motifs is 1. The van der Waals surface area contributed by atoms with Crippen molar-refractivity contribution >= 4 is 5.84 Å². The van der Waals surface area contributed by atoms with Crippen LogP contribution in [0.1, 0.15) is 43.2 Å². The van der Waals surface area contributed by atoms with E-state index in [2.05, 4.69) is 4.90 Å². The highest BCUT2D eigenvalue weighted by Gasteiger charge is 2.35. The fourth-order valence-corrected chi connectivity index (χ4v) is 3.76. The van der Waals surface area contributed by atoms with Crippen LogP contribution in [-0.4, -0.2) is 23.3 Å². The molecule has 3 N–H and O–H groups in total. The van der Waals surface area contributed by atoms with Gasteiger partial charge in [0, 0.05) is 23.7 Å². The second kappa shape index (κ2) is 5.52. The van der Waals surface area contributed by atoms with Crippen LogP contribution < -0.4 is 5.73 Å². The van der Waals surface area contributed by atoms with E-state index in [0.29, 0.717) is 18.2 Å². The highest BCUT2D eigenvalue weighted by Crippen LogP contribution is 2.37. The molecular weight excluding hydrogens is 253 g/mol. The Balaban J connectivity index is 1.73. The van der Waals surface area contributed by atoms with E-state index in [0.717, 1.165) is 18.0 Å². The largest absolute Gasteiger partial charge is 0.384 e. The summed E-state index contributed by atoms with van der Waals surface area (Å²) in [6.45, 7) is 1.77. The Morgan fingerprint density at radius 1 is 1.30 bits per heavy atom. The van der Waals surface area contributed by atoms with E-state index in [1.807, 2.05) is 0 Å². The average Bonchev–Trinajstić information content (AvgIpc) is 2.84. The summed E-state index contributed by atoms with van der Waals surface area (Å²) in [7, 11) is 0. The smallest absolute Gasteiger partial charge is 0.128 e. The van der Waals surface area contributed by atoms with E-state index in [1.54, 1.807) is 12.1 Å². The third-order valence-corrected chi connectivity index (χ3v) is 4.86. The number of nitrogen functional groups attached to an aromatic ring is 1. The van der Waals surface area contributed by atoms with Crippen LogP contribution in [0.3, 0.4) is 0 Å². The minimum absolute atomic E-state index is 0.0797. The Bertz CT molecular complexity index is 514. The first-order chi connectivity index (χ1) is 9.65. The Morgan fingerprint density at radius 2 is 2.10 bits per heavy atom. The number of nitrogens with one attached hydrogen (secondary N) is 1. The van der Waals surface area contributed by atoms with E-state index >= 15 is 0 Å². The summed E-state index contributed by atoms with van der Waals surface area (Å²) in [6, 6.07) is 5.55. The standard InChI is InChI=1S/C16H22FN3/c17-14-9-12(16(18)19)5-6-13(14)10-20-8-7-11-3-1-2-4-15(11)20/h5-6,9,11,15H,1-4,7-8,10H2,(H3,18,19). The number of nitrogens with zero attached hydrogens (tertiary/aromatic N) is 1. The molecule has 0 amide bonds. The molecule has 1 saturated heterocycles. The highest BCUT2D eigenvalue weighted by molar-refractivity contribution is 5.94. The zero-order valence-electron chi connectivity index (χ0n) is 11.7. The van der Waals surface area contributed by atoms with Crippen LogP contribution in [0.5, 0.6) is 0 Å². The fraction of sp³-hybridized carbons (Fsp3) is 0.562. The van der Waals surface area contributed by atoms with Gasteiger partial charge < -0.3 is 5.73 Å². The van der Waals surface area contributed by atoms with Crippen LogP contribution >= 0.6 is 0 Å². The summed E-state index contributed by atoms with van der Waals surface area (Å²) >= 11 is 0. The number of nitrogens with two attached hydrogens (primary N) is 1. The molecule has 0 spiro atoms. The summed E-state index contributed by atoms with van der Waals surface area (Å²) in [4.78, 5) is 2.44. The van der Waals surface area contributed by atoms with Crippen molar-refractivity contribution in [1.82, 2.24) is 4.90 Å². The van der Waals surface area contributed by atoms with Crippen LogP contribution in [-0.2, 0) is 6.54 Å². The first-order valence-electron chi connectivity index (χ1n) is 7.52. The van der Waals surface area contributed by atoms with E-state index in [-0.39, 0.29) is 11.7 Å². The molecule has 108 valence electrons. The molecule has 0 aromatic heterocycles. The summed E-state index contributed by atoms with van der Waals surface area (Å²) in [5, 5.41) is 7.35. The number of hydrogen-bond acceptors (Lipinski definition) is 2. The maximum absolute atomic E-state index is 14.1. The van der Waals surface area contributed by atoms with Crippen molar-refractivity contribution in [3.8, 4) is 0 Å². The van der Waals surface area contributed by atoms with Gasteiger partial charge in [-0.2, -0.15) is 0 Å². The van der Waals surface area contributed by atoms with Gasteiger partial charge in [0.2, 0.25) is 0 Å². The summed E-state index contributed by atoms with van der Waals surface area (Å²) in [5.74, 6) is 0.504. The number of rotatable bonds is 3. The van der Waals surface area contributed by atoms with Gasteiger partial charge >= 0.3 is 0 Å². The van der Waals surface area contributed by atoms with Crippen LogP contribution in [0.2, 0.25) is 0 Å². The van der Waals surface area contributed by atoms with Crippen LogP contribution in [0, 0.1) is 17.1 Å². The van der Waals surface area contributed by atoms with Crippen LogP contribution in [0.25, 0.3) is 0 Å². The Hall–Kier alpha value is -1.42. The van der Waals surface area contributed by atoms with Crippen LogP contribution in [0.15, 0.2) is 18.2 Å². The highest BCUT2D eigenvalue weighted by atomic mass is 19.1. The molecule has 2 unspecified atom stereocenters. The second-order valence-corrected chi connectivity index (χ2v) is 6.09. The van der Waals surface area contributed by atoms with E-state index in [1.165, 1.54) is 38.2 Å². The van der Waals surface area contributed by atoms with Crippen molar-refractivity contribution in [3.05, 3.63) is 35.1 Å². The fourth-order valence-electron chi connectivity index (χ4n) is 3.76. The predicted molar refractivity (Wildman–Crippen MR) is 78.2 cm³/mol. The molecule has 2 atom stereocenters. The summed E-state index contributed by atoms with van der Waals surface area (Å²) < 4.78 is 14.1. The molecule has 4 heteroatoms. The van der Waals surface area contributed by atoms with Gasteiger partial charge in [-0.15, -0.1) is 0 Å². The van der Waals surface area contributed by atoms with Crippen molar-refractivity contribution in [2.45, 2.75) is 44.7 Å². The molecule has 2 fully saturated rings. The lowest BCUT2D eigenvalue weighted by Crippen LogP contribution is -2.34. The lowest BCUT2D eigenvalue weighted by atomic mass is 9.85. The second-order valence-electron chi connectivity index (χ2n) is 6.09. The van der Waals surface area contributed by atoms with Gasteiger partial charge in [0.1, 0.15) is 11.7 Å². The molecule has 1 aromatic rings. The maximum atomic E-state index is 14.1. The molecular formula is C16H22FN3. The Kier molecular flexibility index (Phi) is 3.74. The van der Waals surface area contributed by atoms with E-state index < -0.39 is 0 Å². The quantitative estimate of drug-likeness (QED) is 0.658. The molecule has 0 bridgehead atoms. The number of likely N-dealkylation sites (tertiary alicyclic amines) is 1. The Morgan fingerprint density at radius 3 is 2.85 bits per heavy atom. The Labute approximate surface area is 119 Å². The third kappa shape index (κ3) is 2.57. The van der Waals surface area contributed by atoms with Crippen molar-refractivity contribution in [1.29, 1.82) is 5.41 Å². The van der Waals surface area contributed by atoms with Gasteiger partial charge in [-0.25, -0.2) is 4.39 Å². The summed E-state index contributed by atoms with van der Waals surface area (Å²) in [6.07, 6.45) is 6.53. The molecule has 0 radical (unpaired) electrons. The number of hydrogen-bond donors (Lipinski definition) is 2. The van der Waals surface area contributed by atoms with Crippen molar-refractivity contribution in [2.75, 3.05) is 6.54 Å². The monoisotopic (exact) mass is 275 g/mol. The van der Waals surface area contributed by atoms with E-state index in [9.17, 15) is 4.39 Å². The number of benzene rings is 1. The molecule has 1 heterocycles. The molecule has 3 nitrogen and oxygen atoms in total. The van der Waals surface area contributed by atoms with Crippen molar-refractivity contribution < 1.29 is 4.39 Å². The minimum atomic E-state index is -0.239. The third-order valence-electron chi connectivity index (χ3n) is 4.86. The van der Waals surface area contributed by atoms with Gasteiger partial charge in [0.05, 0.1) is 0 Å². The normalized spacial score (nSPS) is 26.4. The molecule has 2 aliphatic rings. The molecule has 3 rings (SSSR count). The molecule has 20 heavy (non-hydrogen) atoms. The lowest BCUT2D eigenvalue weighted by Gasteiger charge is -2.31.